The molecule has 1 aromatic heterocycles. The quantitative estimate of drug-likeness (QED) is 0.639. The molecule has 0 saturated carbocycles. The lowest BCUT2D eigenvalue weighted by Crippen LogP contribution is -2.42. The Balaban J connectivity index is 1.75. The summed E-state index contributed by atoms with van der Waals surface area (Å²) in [7, 11) is -2.26. The number of nitrogens with zero attached hydrogens (tertiary/aromatic N) is 1. The zero-order valence-electron chi connectivity index (χ0n) is 13.2. The van der Waals surface area contributed by atoms with Crippen LogP contribution in [0.15, 0.2) is 39.8 Å². The number of hydrogen-bond acceptors (Lipinski definition) is 4. The van der Waals surface area contributed by atoms with Crippen LogP contribution in [-0.4, -0.2) is 24.8 Å². The third kappa shape index (κ3) is 3.75. The van der Waals surface area contributed by atoms with Crippen LogP contribution >= 0.6 is 15.9 Å². The van der Waals surface area contributed by atoms with Crippen molar-refractivity contribution < 1.29 is 18.0 Å². The molecular weight excluding hydrogens is 412 g/mol. The van der Waals surface area contributed by atoms with E-state index in [0.29, 0.717) is 28.7 Å². The van der Waals surface area contributed by atoms with Crippen LogP contribution in [0.3, 0.4) is 0 Å². The first-order valence-corrected chi connectivity index (χ1v) is 9.61. The summed E-state index contributed by atoms with van der Waals surface area (Å²) in [6.45, 7) is 0. The second-order valence-corrected chi connectivity index (χ2v) is 8.18. The number of nitrogens with one attached hydrogen (secondary N) is 3. The zero-order valence-corrected chi connectivity index (χ0v) is 15.6. The van der Waals surface area contributed by atoms with Crippen LogP contribution in [0, 0.1) is 0 Å². The van der Waals surface area contributed by atoms with Crippen molar-refractivity contribution >= 4 is 43.5 Å². The molecule has 0 unspecified atom stereocenters. The van der Waals surface area contributed by atoms with E-state index >= 15 is 0 Å². The molecule has 0 radical (unpaired) electrons. The summed E-state index contributed by atoms with van der Waals surface area (Å²) < 4.78 is 27.0. The first kappa shape index (κ1) is 17.6. The molecule has 10 heteroatoms. The van der Waals surface area contributed by atoms with Gasteiger partial charge < -0.3 is 9.88 Å². The fourth-order valence-corrected chi connectivity index (χ4v) is 3.93. The van der Waals surface area contributed by atoms with Crippen molar-refractivity contribution in [3.8, 4) is 0 Å². The number of hydrogen-bond donors (Lipinski definition) is 3. The number of carbonyl (C=O) groups excluding carboxylic acids is 2. The van der Waals surface area contributed by atoms with Crippen molar-refractivity contribution in [2.75, 3.05) is 5.32 Å². The van der Waals surface area contributed by atoms with E-state index in [0.717, 1.165) is 5.56 Å². The van der Waals surface area contributed by atoms with Crippen LogP contribution in [-0.2, 0) is 28.3 Å². The van der Waals surface area contributed by atoms with Gasteiger partial charge in [-0.3, -0.25) is 15.0 Å². The SMILES string of the molecule is Cn1cc(Br)cc1C(=O)NNS(=O)(=O)c1ccc2c(c1)CCC(=O)N2. The van der Waals surface area contributed by atoms with Gasteiger partial charge in [-0.1, -0.05) is 0 Å². The first-order chi connectivity index (χ1) is 11.8. The Morgan fingerprint density at radius 3 is 2.72 bits per heavy atom. The smallest absolute Gasteiger partial charge is 0.282 e. The summed E-state index contributed by atoms with van der Waals surface area (Å²) >= 11 is 3.25. The Labute approximate surface area is 152 Å². The van der Waals surface area contributed by atoms with E-state index in [1.807, 2.05) is 0 Å². The van der Waals surface area contributed by atoms with Crippen molar-refractivity contribution in [3.05, 3.63) is 46.2 Å². The normalized spacial score (nSPS) is 13.9. The highest BCUT2D eigenvalue weighted by molar-refractivity contribution is 9.10. The molecule has 2 heterocycles. The fourth-order valence-electron chi connectivity index (χ4n) is 2.51. The van der Waals surface area contributed by atoms with Gasteiger partial charge in [0.25, 0.3) is 15.9 Å². The van der Waals surface area contributed by atoms with Gasteiger partial charge in [0.15, 0.2) is 0 Å². The minimum atomic E-state index is -3.93. The molecule has 1 aromatic carbocycles. The molecular formula is C15H15BrN4O4S. The molecule has 25 heavy (non-hydrogen) atoms. The van der Waals surface area contributed by atoms with E-state index in [1.165, 1.54) is 18.2 Å². The summed E-state index contributed by atoms with van der Waals surface area (Å²) in [5.41, 5.74) is 3.83. The van der Waals surface area contributed by atoms with Gasteiger partial charge in [0, 0.05) is 29.8 Å². The van der Waals surface area contributed by atoms with E-state index in [4.69, 9.17) is 0 Å². The monoisotopic (exact) mass is 426 g/mol. The third-order valence-corrected chi connectivity index (χ3v) is 5.46. The highest BCUT2D eigenvalue weighted by atomic mass is 79.9. The van der Waals surface area contributed by atoms with Crippen LogP contribution in [0.25, 0.3) is 0 Å². The standard InChI is InChI=1S/C15H15BrN4O4S/c1-20-8-10(16)7-13(20)15(22)18-19-25(23,24)11-3-4-12-9(6-11)2-5-14(21)17-12/h3-4,6-8,19H,2,5H2,1H3,(H,17,21)(H,18,22). The summed E-state index contributed by atoms with van der Waals surface area (Å²) in [4.78, 5) is 25.5. The molecule has 0 atom stereocenters. The Morgan fingerprint density at radius 1 is 1.28 bits per heavy atom. The van der Waals surface area contributed by atoms with E-state index < -0.39 is 15.9 Å². The van der Waals surface area contributed by atoms with E-state index in [9.17, 15) is 18.0 Å². The molecule has 0 saturated heterocycles. The van der Waals surface area contributed by atoms with Crippen LogP contribution in [0.1, 0.15) is 22.5 Å². The van der Waals surface area contributed by atoms with Gasteiger partial charge in [-0.2, -0.15) is 0 Å². The van der Waals surface area contributed by atoms with Gasteiger partial charge in [-0.15, -0.1) is 4.83 Å². The maximum Gasteiger partial charge on any atom is 0.282 e. The Kier molecular flexibility index (Phi) is 4.67. The van der Waals surface area contributed by atoms with Gasteiger partial charge in [0.05, 0.1) is 4.90 Å². The minimum absolute atomic E-state index is 0.00996. The highest BCUT2D eigenvalue weighted by Crippen LogP contribution is 2.25. The summed E-state index contributed by atoms with van der Waals surface area (Å²) in [6.07, 6.45) is 2.46. The average molecular weight is 427 g/mol. The predicted octanol–water partition coefficient (Wildman–Crippen LogP) is 1.30. The largest absolute Gasteiger partial charge is 0.345 e. The molecule has 0 fully saturated rings. The number of rotatable bonds is 4. The van der Waals surface area contributed by atoms with Crippen molar-refractivity contribution in [2.24, 2.45) is 7.05 Å². The lowest BCUT2D eigenvalue weighted by atomic mass is 10.0. The second kappa shape index (κ2) is 6.62. The molecule has 3 N–H and O–H groups in total. The molecule has 8 nitrogen and oxygen atoms in total. The lowest BCUT2D eigenvalue weighted by molar-refractivity contribution is -0.116. The topological polar surface area (TPSA) is 109 Å². The van der Waals surface area contributed by atoms with E-state index in [2.05, 4.69) is 31.5 Å². The van der Waals surface area contributed by atoms with E-state index in [-0.39, 0.29) is 10.8 Å². The number of aromatic nitrogens is 1. The predicted molar refractivity (Wildman–Crippen MR) is 94.3 cm³/mol. The maximum atomic E-state index is 12.4. The number of benzene rings is 1. The molecule has 132 valence electrons. The van der Waals surface area contributed by atoms with Crippen LogP contribution in [0.2, 0.25) is 0 Å². The molecule has 1 aliphatic rings. The summed E-state index contributed by atoms with van der Waals surface area (Å²) in [6, 6.07) is 5.97. The number of sulfonamides is 1. The summed E-state index contributed by atoms with van der Waals surface area (Å²) in [5, 5.41) is 2.69. The second-order valence-electron chi connectivity index (χ2n) is 5.58. The van der Waals surface area contributed by atoms with Gasteiger partial charge in [-0.25, -0.2) is 8.42 Å². The Morgan fingerprint density at radius 2 is 2.04 bits per heavy atom. The van der Waals surface area contributed by atoms with Crippen molar-refractivity contribution in [3.63, 3.8) is 0 Å². The Bertz CT molecular complexity index is 968. The molecule has 2 aromatic rings. The zero-order chi connectivity index (χ0) is 18.2. The highest BCUT2D eigenvalue weighted by Gasteiger charge is 2.21. The number of anilines is 1. The van der Waals surface area contributed by atoms with Crippen LogP contribution < -0.4 is 15.6 Å². The number of amides is 2. The number of hydrazine groups is 1. The molecule has 0 bridgehead atoms. The average Bonchev–Trinajstić information content (AvgIpc) is 2.90. The number of halogens is 1. The molecule has 0 spiro atoms. The van der Waals surface area contributed by atoms with Gasteiger partial charge in [0.2, 0.25) is 5.91 Å². The molecule has 0 aliphatic carbocycles. The van der Waals surface area contributed by atoms with Gasteiger partial charge in [0.1, 0.15) is 5.69 Å². The fraction of sp³-hybridized carbons (Fsp3) is 0.200. The first-order valence-electron chi connectivity index (χ1n) is 7.33. The number of aryl methyl sites for hydroxylation is 2. The lowest BCUT2D eigenvalue weighted by Gasteiger charge is -2.17. The van der Waals surface area contributed by atoms with Crippen LogP contribution in [0.4, 0.5) is 5.69 Å². The molecule has 1 aliphatic heterocycles. The third-order valence-electron chi connectivity index (χ3n) is 3.79. The van der Waals surface area contributed by atoms with E-state index in [1.54, 1.807) is 23.9 Å². The summed E-state index contributed by atoms with van der Waals surface area (Å²) in [5.74, 6) is -0.677. The van der Waals surface area contributed by atoms with Crippen LogP contribution in [0.5, 0.6) is 0 Å². The van der Waals surface area contributed by atoms with Crippen molar-refractivity contribution in [1.82, 2.24) is 14.8 Å². The van der Waals surface area contributed by atoms with Gasteiger partial charge >= 0.3 is 0 Å². The van der Waals surface area contributed by atoms with Crippen molar-refractivity contribution in [2.45, 2.75) is 17.7 Å². The Hall–Kier alpha value is -2.17. The van der Waals surface area contributed by atoms with Gasteiger partial charge in [-0.05, 0) is 52.2 Å². The minimum Gasteiger partial charge on any atom is -0.345 e. The maximum absolute atomic E-state index is 12.4. The van der Waals surface area contributed by atoms with Crippen molar-refractivity contribution in [1.29, 1.82) is 0 Å². The number of fused-ring (bicyclic) bond motifs is 1. The number of carbonyl (C=O) groups is 2. The molecule has 2 amide bonds. The molecule has 3 rings (SSSR count).